The molecule has 0 spiro atoms. The highest BCUT2D eigenvalue weighted by atomic mass is 32.1. The summed E-state index contributed by atoms with van der Waals surface area (Å²) in [6.45, 7) is 4.74. The van der Waals surface area contributed by atoms with Crippen LogP contribution in [0.15, 0.2) is 24.3 Å². The van der Waals surface area contributed by atoms with Crippen LogP contribution < -0.4 is 0 Å². The van der Waals surface area contributed by atoms with Crippen LogP contribution in [-0.2, 0) is 6.18 Å². The maximum absolute atomic E-state index is 12.7. The molecular formula is C23H31F3N2OS. The average molecular weight is 441 g/mol. The van der Waals surface area contributed by atoms with Crippen LogP contribution in [-0.4, -0.2) is 59.2 Å². The summed E-state index contributed by atoms with van der Waals surface area (Å²) in [5.74, 6) is 7.06. The lowest BCUT2D eigenvalue weighted by molar-refractivity contribution is -0.137. The fraction of sp³-hybridized carbons (Fsp3) is 0.609. The molecule has 0 heterocycles. The maximum atomic E-state index is 12.7. The third-order valence-corrected chi connectivity index (χ3v) is 6.27. The molecule has 166 valence electrons. The molecule has 2 rings (SSSR count). The zero-order valence-corrected chi connectivity index (χ0v) is 18.5. The second kappa shape index (κ2) is 11.7. The summed E-state index contributed by atoms with van der Waals surface area (Å²) >= 11 is 5.53. The van der Waals surface area contributed by atoms with Crippen molar-refractivity contribution in [2.75, 3.05) is 33.3 Å². The van der Waals surface area contributed by atoms with Crippen LogP contribution in [0.2, 0.25) is 0 Å². The van der Waals surface area contributed by atoms with E-state index in [0.29, 0.717) is 23.0 Å². The summed E-state index contributed by atoms with van der Waals surface area (Å²) in [7, 11) is 1.93. The quantitative estimate of drug-likeness (QED) is 0.496. The van der Waals surface area contributed by atoms with Crippen molar-refractivity contribution < 1.29 is 18.3 Å². The van der Waals surface area contributed by atoms with E-state index in [1.54, 1.807) is 0 Å². The number of halogens is 3. The zero-order valence-electron chi connectivity index (χ0n) is 17.7. The maximum Gasteiger partial charge on any atom is 0.416 e. The number of thiocarbonyl (C=S) groups is 1. The predicted octanol–water partition coefficient (Wildman–Crippen LogP) is 4.58. The monoisotopic (exact) mass is 440 g/mol. The largest absolute Gasteiger partial charge is 0.416 e. The molecule has 1 saturated carbocycles. The first-order valence-electron chi connectivity index (χ1n) is 10.5. The number of likely N-dealkylation sites (N-methyl/N-ethyl adjacent to an activating group) is 1. The van der Waals surface area contributed by atoms with Gasteiger partial charge in [-0.05, 0) is 44.4 Å². The fourth-order valence-corrected chi connectivity index (χ4v) is 4.06. The van der Waals surface area contributed by atoms with Gasteiger partial charge in [-0.25, -0.2) is 0 Å². The van der Waals surface area contributed by atoms with Gasteiger partial charge in [0.25, 0.3) is 0 Å². The first-order chi connectivity index (χ1) is 14.3. The Morgan fingerprint density at radius 3 is 2.30 bits per heavy atom. The molecule has 0 unspecified atom stereocenters. The van der Waals surface area contributed by atoms with E-state index in [1.807, 2.05) is 11.9 Å². The van der Waals surface area contributed by atoms with Crippen molar-refractivity contribution in [3.63, 3.8) is 0 Å². The molecule has 30 heavy (non-hydrogen) atoms. The van der Waals surface area contributed by atoms with Crippen molar-refractivity contribution in [3.05, 3.63) is 35.4 Å². The normalized spacial score (nSPS) is 19.3. The van der Waals surface area contributed by atoms with Gasteiger partial charge < -0.3 is 14.9 Å². The smallest absolute Gasteiger partial charge is 0.395 e. The van der Waals surface area contributed by atoms with Gasteiger partial charge in [-0.15, -0.1) is 5.92 Å². The molecule has 0 atom stereocenters. The Bertz CT molecular complexity index is 732. The van der Waals surface area contributed by atoms with Crippen LogP contribution in [0, 0.1) is 17.8 Å². The van der Waals surface area contributed by atoms with Gasteiger partial charge in [-0.1, -0.05) is 37.2 Å². The van der Waals surface area contributed by atoms with E-state index in [1.165, 1.54) is 12.1 Å². The molecule has 1 fully saturated rings. The topological polar surface area (TPSA) is 26.7 Å². The van der Waals surface area contributed by atoms with E-state index in [4.69, 9.17) is 17.3 Å². The van der Waals surface area contributed by atoms with Crippen LogP contribution in [0.1, 0.15) is 50.2 Å². The number of hydrogen-bond acceptors (Lipinski definition) is 3. The van der Waals surface area contributed by atoms with Crippen molar-refractivity contribution in [1.29, 1.82) is 0 Å². The van der Waals surface area contributed by atoms with Crippen LogP contribution in [0.4, 0.5) is 13.2 Å². The number of aliphatic hydroxyl groups is 1. The molecule has 0 saturated heterocycles. The molecular weight excluding hydrogens is 409 g/mol. The first kappa shape index (κ1) is 24.6. The number of aliphatic hydroxyl groups excluding tert-OH is 1. The standard InChI is InChI=1S/C23H31F3N2OS/c1-3-28(16-17-29)15-5-4-6-18-7-13-21(14-8-18)27(2)22(30)19-9-11-20(12-10-19)23(24,25)26/h9-12,18,21,29H,3,5,7-8,13-17H2,1-2H3. The van der Waals surface area contributed by atoms with Gasteiger partial charge in [-0.2, -0.15) is 13.2 Å². The Balaban J connectivity index is 1.82. The summed E-state index contributed by atoms with van der Waals surface area (Å²) in [5, 5.41) is 9.02. The molecule has 0 radical (unpaired) electrons. The molecule has 3 nitrogen and oxygen atoms in total. The van der Waals surface area contributed by atoms with E-state index in [0.717, 1.165) is 57.3 Å². The van der Waals surface area contributed by atoms with Gasteiger partial charge in [0.15, 0.2) is 0 Å². The molecule has 1 aromatic rings. The van der Waals surface area contributed by atoms with Crippen molar-refractivity contribution in [1.82, 2.24) is 9.80 Å². The van der Waals surface area contributed by atoms with Gasteiger partial charge >= 0.3 is 6.18 Å². The highest BCUT2D eigenvalue weighted by Crippen LogP contribution is 2.30. The minimum absolute atomic E-state index is 0.174. The van der Waals surface area contributed by atoms with Crippen molar-refractivity contribution in [3.8, 4) is 11.8 Å². The number of rotatable bonds is 7. The molecule has 0 bridgehead atoms. The van der Waals surface area contributed by atoms with Crippen LogP contribution in [0.25, 0.3) is 0 Å². The number of alkyl halides is 3. The summed E-state index contributed by atoms with van der Waals surface area (Å²) in [5.41, 5.74) is -0.0139. The first-order valence-corrected chi connectivity index (χ1v) is 10.9. The Labute approximate surface area is 183 Å². The Hall–Kier alpha value is -1.62. The van der Waals surface area contributed by atoms with Gasteiger partial charge in [0, 0.05) is 44.1 Å². The lowest BCUT2D eigenvalue weighted by atomic mass is 9.85. The van der Waals surface area contributed by atoms with Crippen molar-refractivity contribution >= 4 is 17.2 Å². The average Bonchev–Trinajstić information content (AvgIpc) is 2.74. The number of nitrogens with zero attached hydrogens (tertiary/aromatic N) is 2. The lowest BCUT2D eigenvalue weighted by Crippen LogP contribution is -2.38. The summed E-state index contributed by atoms with van der Waals surface area (Å²) in [6.07, 6.45) is 0.437. The van der Waals surface area contributed by atoms with Crippen molar-refractivity contribution in [2.24, 2.45) is 5.92 Å². The second-order valence-corrected chi connectivity index (χ2v) is 8.11. The summed E-state index contributed by atoms with van der Waals surface area (Å²) in [4.78, 5) is 4.79. The zero-order chi connectivity index (χ0) is 22.1. The fourth-order valence-electron chi connectivity index (χ4n) is 3.78. The Morgan fingerprint density at radius 1 is 1.13 bits per heavy atom. The molecule has 0 amide bonds. The molecule has 1 aliphatic carbocycles. The van der Waals surface area contributed by atoms with Crippen LogP contribution in [0.3, 0.4) is 0 Å². The van der Waals surface area contributed by atoms with E-state index in [-0.39, 0.29) is 12.6 Å². The third-order valence-electron chi connectivity index (χ3n) is 5.75. The molecule has 1 N–H and O–H groups in total. The highest BCUT2D eigenvalue weighted by molar-refractivity contribution is 7.80. The van der Waals surface area contributed by atoms with Crippen LogP contribution in [0.5, 0.6) is 0 Å². The van der Waals surface area contributed by atoms with Gasteiger partial charge in [0.2, 0.25) is 0 Å². The van der Waals surface area contributed by atoms with E-state index in [2.05, 4.69) is 23.7 Å². The van der Waals surface area contributed by atoms with Crippen molar-refractivity contribution in [2.45, 2.75) is 51.2 Å². The molecule has 1 aliphatic rings. The summed E-state index contributed by atoms with van der Waals surface area (Å²) in [6, 6.07) is 5.37. The van der Waals surface area contributed by atoms with E-state index < -0.39 is 11.7 Å². The minimum atomic E-state index is -4.33. The molecule has 0 aromatic heterocycles. The number of benzene rings is 1. The van der Waals surface area contributed by atoms with Gasteiger partial charge in [0.1, 0.15) is 4.99 Å². The van der Waals surface area contributed by atoms with E-state index >= 15 is 0 Å². The Morgan fingerprint density at radius 2 is 1.77 bits per heavy atom. The predicted molar refractivity (Wildman–Crippen MR) is 118 cm³/mol. The summed E-state index contributed by atoms with van der Waals surface area (Å²) < 4.78 is 38.2. The Kier molecular flexibility index (Phi) is 9.60. The highest BCUT2D eigenvalue weighted by Gasteiger charge is 2.30. The minimum Gasteiger partial charge on any atom is -0.395 e. The van der Waals surface area contributed by atoms with Gasteiger partial charge in [0.05, 0.1) is 12.2 Å². The second-order valence-electron chi connectivity index (χ2n) is 7.73. The molecule has 0 aliphatic heterocycles. The molecule has 1 aromatic carbocycles. The van der Waals surface area contributed by atoms with Gasteiger partial charge in [-0.3, -0.25) is 0 Å². The SMILES string of the molecule is CCN(CCO)CCC#CC1CCC(N(C)C(=S)c2ccc(C(F)(F)F)cc2)CC1. The number of hydrogen-bond donors (Lipinski definition) is 1. The molecule has 7 heteroatoms. The lowest BCUT2D eigenvalue weighted by Gasteiger charge is -2.35. The van der Waals surface area contributed by atoms with E-state index in [9.17, 15) is 13.2 Å². The van der Waals surface area contributed by atoms with Crippen LogP contribution >= 0.6 is 12.2 Å². The third kappa shape index (κ3) is 7.26.